The first-order valence-corrected chi connectivity index (χ1v) is 6.14. The van der Waals surface area contributed by atoms with E-state index < -0.39 is 0 Å². The molecule has 2 rings (SSSR count). The summed E-state index contributed by atoms with van der Waals surface area (Å²) in [4.78, 5) is 0. The molecule has 96 valence electrons. The van der Waals surface area contributed by atoms with Crippen molar-refractivity contribution in [2.24, 2.45) is 0 Å². The molecule has 0 saturated heterocycles. The van der Waals surface area contributed by atoms with Gasteiger partial charge >= 0.3 is 0 Å². The van der Waals surface area contributed by atoms with E-state index in [0.29, 0.717) is 6.54 Å². The number of benzene rings is 1. The van der Waals surface area contributed by atoms with E-state index >= 15 is 0 Å². The van der Waals surface area contributed by atoms with Crippen molar-refractivity contribution in [2.45, 2.75) is 26.4 Å². The zero-order valence-electron chi connectivity index (χ0n) is 10.8. The van der Waals surface area contributed by atoms with Crippen molar-refractivity contribution < 1.29 is 9.52 Å². The zero-order chi connectivity index (χ0) is 13.0. The third-order valence-corrected chi connectivity index (χ3v) is 3.19. The molecule has 0 saturated carbocycles. The van der Waals surface area contributed by atoms with Crippen molar-refractivity contribution in [1.29, 1.82) is 0 Å². The molecule has 0 bridgehead atoms. The Labute approximate surface area is 107 Å². The maximum Gasteiger partial charge on any atom is 0.123 e. The number of hydrogen-bond donors (Lipinski definition) is 2. The highest BCUT2D eigenvalue weighted by Gasteiger charge is 2.12. The van der Waals surface area contributed by atoms with Crippen molar-refractivity contribution in [3.8, 4) is 0 Å². The molecule has 1 aromatic carbocycles. The van der Waals surface area contributed by atoms with E-state index in [2.05, 4.69) is 37.4 Å². The molecule has 0 aliphatic rings. The van der Waals surface area contributed by atoms with Gasteiger partial charge in [0.25, 0.3) is 0 Å². The molecule has 0 radical (unpaired) electrons. The topological polar surface area (TPSA) is 45.4 Å². The van der Waals surface area contributed by atoms with Crippen LogP contribution in [0.1, 0.15) is 28.5 Å². The summed E-state index contributed by atoms with van der Waals surface area (Å²) in [5, 5.41) is 12.6. The van der Waals surface area contributed by atoms with Crippen LogP contribution >= 0.6 is 0 Å². The van der Waals surface area contributed by atoms with Crippen LogP contribution in [-0.2, 0) is 6.54 Å². The molecule has 0 fully saturated rings. The Morgan fingerprint density at radius 2 is 2.06 bits per heavy atom. The fourth-order valence-corrected chi connectivity index (χ4v) is 1.90. The van der Waals surface area contributed by atoms with Crippen LogP contribution in [-0.4, -0.2) is 11.7 Å². The largest absolute Gasteiger partial charge is 0.468 e. The Morgan fingerprint density at radius 1 is 1.22 bits per heavy atom. The van der Waals surface area contributed by atoms with Crippen LogP contribution in [0.4, 0.5) is 0 Å². The predicted molar refractivity (Wildman–Crippen MR) is 71.3 cm³/mol. The average molecular weight is 245 g/mol. The van der Waals surface area contributed by atoms with E-state index in [1.165, 1.54) is 16.7 Å². The Bertz CT molecular complexity index is 491. The predicted octanol–water partition coefficient (Wildman–Crippen LogP) is 2.72. The molecule has 0 aliphatic heterocycles. The fourth-order valence-electron chi connectivity index (χ4n) is 1.90. The Balaban J connectivity index is 1.99. The van der Waals surface area contributed by atoms with Crippen LogP contribution in [0.2, 0.25) is 0 Å². The van der Waals surface area contributed by atoms with Gasteiger partial charge in [-0.15, -0.1) is 0 Å². The van der Waals surface area contributed by atoms with Crippen LogP contribution < -0.4 is 5.32 Å². The molecule has 0 aliphatic carbocycles. The van der Waals surface area contributed by atoms with Crippen molar-refractivity contribution in [3.63, 3.8) is 0 Å². The molecule has 0 amide bonds. The average Bonchev–Trinajstić information content (AvgIpc) is 2.88. The smallest absolute Gasteiger partial charge is 0.123 e. The lowest BCUT2D eigenvalue weighted by molar-refractivity contribution is 0.225. The SMILES string of the molecule is Cc1ccc(CNC(CO)c2ccco2)cc1C. The van der Waals surface area contributed by atoms with Crippen LogP contribution in [0.3, 0.4) is 0 Å². The second-order valence-electron chi connectivity index (χ2n) is 4.55. The van der Waals surface area contributed by atoms with Crippen LogP contribution in [0, 0.1) is 13.8 Å². The number of nitrogens with one attached hydrogen (secondary N) is 1. The Morgan fingerprint density at radius 3 is 2.67 bits per heavy atom. The molecule has 0 spiro atoms. The standard InChI is InChI=1S/C15H19NO2/c1-11-5-6-13(8-12(11)2)9-16-14(10-17)15-4-3-7-18-15/h3-8,14,16-17H,9-10H2,1-2H3. The highest BCUT2D eigenvalue weighted by Crippen LogP contribution is 2.15. The Kier molecular flexibility index (Phi) is 4.18. The Hall–Kier alpha value is -1.58. The van der Waals surface area contributed by atoms with Crippen molar-refractivity contribution in [1.82, 2.24) is 5.32 Å². The van der Waals surface area contributed by atoms with Gasteiger partial charge in [0.15, 0.2) is 0 Å². The minimum absolute atomic E-state index is 0.0261. The minimum atomic E-state index is -0.151. The van der Waals surface area contributed by atoms with Gasteiger partial charge in [0, 0.05) is 6.54 Å². The normalized spacial score (nSPS) is 12.6. The summed E-state index contributed by atoms with van der Waals surface area (Å²) in [5.74, 6) is 0.765. The number of rotatable bonds is 5. The van der Waals surface area contributed by atoms with Gasteiger partial charge in [-0.25, -0.2) is 0 Å². The lowest BCUT2D eigenvalue weighted by Crippen LogP contribution is -2.23. The molecule has 1 atom stereocenters. The second kappa shape index (κ2) is 5.85. The highest BCUT2D eigenvalue weighted by atomic mass is 16.3. The van der Waals surface area contributed by atoms with Gasteiger partial charge in [0.1, 0.15) is 5.76 Å². The summed E-state index contributed by atoms with van der Waals surface area (Å²) < 4.78 is 5.30. The summed E-state index contributed by atoms with van der Waals surface area (Å²) in [6, 6.07) is 9.93. The van der Waals surface area contributed by atoms with Crippen LogP contribution in [0.25, 0.3) is 0 Å². The van der Waals surface area contributed by atoms with E-state index in [-0.39, 0.29) is 12.6 Å². The van der Waals surface area contributed by atoms with Gasteiger partial charge in [-0.3, -0.25) is 0 Å². The third kappa shape index (κ3) is 3.00. The fraction of sp³-hybridized carbons (Fsp3) is 0.333. The number of furan rings is 1. The molecule has 18 heavy (non-hydrogen) atoms. The van der Waals surface area contributed by atoms with E-state index in [4.69, 9.17) is 4.42 Å². The first-order chi connectivity index (χ1) is 8.70. The molecule has 2 aromatic rings. The molecule has 3 nitrogen and oxygen atoms in total. The van der Waals surface area contributed by atoms with E-state index in [1.807, 2.05) is 12.1 Å². The van der Waals surface area contributed by atoms with Gasteiger partial charge < -0.3 is 14.8 Å². The van der Waals surface area contributed by atoms with Gasteiger partial charge in [0.2, 0.25) is 0 Å². The van der Waals surface area contributed by atoms with Crippen LogP contribution in [0.15, 0.2) is 41.0 Å². The van der Waals surface area contributed by atoms with E-state index in [1.54, 1.807) is 6.26 Å². The summed E-state index contributed by atoms with van der Waals surface area (Å²) in [5.41, 5.74) is 3.79. The molecule has 1 heterocycles. The molecular weight excluding hydrogens is 226 g/mol. The minimum Gasteiger partial charge on any atom is -0.468 e. The maximum atomic E-state index is 9.35. The first kappa shape index (κ1) is 12.9. The van der Waals surface area contributed by atoms with Gasteiger partial charge in [-0.2, -0.15) is 0 Å². The zero-order valence-corrected chi connectivity index (χ0v) is 10.8. The number of aryl methyl sites for hydroxylation is 2. The summed E-state index contributed by atoms with van der Waals surface area (Å²) in [6.45, 7) is 4.95. The van der Waals surface area contributed by atoms with Crippen LogP contribution in [0.5, 0.6) is 0 Å². The third-order valence-electron chi connectivity index (χ3n) is 3.19. The molecule has 1 unspecified atom stereocenters. The first-order valence-electron chi connectivity index (χ1n) is 6.14. The van der Waals surface area contributed by atoms with E-state index in [0.717, 1.165) is 5.76 Å². The molecule has 1 aromatic heterocycles. The molecular formula is C15H19NO2. The van der Waals surface area contributed by atoms with E-state index in [9.17, 15) is 5.11 Å². The summed E-state index contributed by atoms with van der Waals surface area (Å²) in [6.07, 6.45) is 1.62. The number of hydrogen-bond acceptors (Lipinski definition) is 3. The van der Waals surface area contributed by atoms with Gasteiger partial charge in [-0.05, 0) is 42.7 Å². The van der Waals surface area contributed by atoms with Gasteiger partial charge in [-0.1, -0.05) is 18.2 Å². The lowest BCUT2D eigenvalue weighted by atomic mass is 10.1. The molecule has 2 N–H and O–H groups in total. The number of aliphatic hydroxyl groups is 1. The van der Waals surface area contributed by atoms with Crippen molar-refractivity contribution in [2.75, 3.05) is 6.61 Å². The monoisotopic (exact) mass is 245 g/mol. The lowest BCUT2D eigenvalue weighted by Gasteiger charge is -2.14. The molecule has 3 heteroatoms. The van der Waals surface area contributed by atoms with Gasteiger partial charge in [0.05, 0.1) is 18.9 Å². The second-order valence-corrected chi connectivity index (χ2v) is 4.55. The summed E-state index contributed by atoms with van der Waals surface area (Å²) >= 11 is 0. The van der Waals surface area contributed by atoms with Crippen molar-refractivity contribution in [3.05, 3.63) is 59.0 Å². The maximum absolute atomic E-state index is 9.35. The van der Waals surface area contributed by atoms with Crippen molar-refractivity contribution >= 4 is 0 Å². The highest BCUT2D eigenvalue weighted by molar-refractivity contribution is 5.29. The number of aliphatic hydroxyl groups excluding tert-OH is 1. The quantitative estimate of drug-likeness (QED) is 0.851. The summed E-state index contributed by atoms with van der Waals surface area (Å²) in [7, 11) is 0.